The first-order valence-corrected chi connectivity index (χ1v) is 13.1. The topological polar surface area (TPSA) is 105 Å². The molecule has 37 heavy (non-hydrogen) atoms. The monoisotopic (exact) mass is 538 g/mol. The summed E-state index contributed by atoms with van der Waals surface area (Å²) in [6, 6.07) is 8.58. The lowest BCUT2D eigenvalue weighted by Gasteiger charge is -2.38. The van der Waals surface area contributed by atoms with Gasteiger partial charge in [0.2, 0.25) is 0 Å². The summed E-state index contributed by atoms with van der Waals surface area (Å²) >= 11 is 12.6. The van der Waals surface area contributed by atoms with Gasteiger partial charge >= 0.3 is 6.15 Å². The first-order valence-electron chi connectivity index (χ1n) is 12.3. The van der Waals surface area contributed by atoms with E-state index in [4.69, 9.17) is 37.8 Å². The van der Waals surface area contributed by atoms with Crippen molar-refractivity contribution in [3.63, 3.8) is 0 Å². The van der Waals surface area contributed by atoms with Crippen molar-refractivity contribution in [3.05, 3.63) is 57.5 Å². The Morgan fingerprint density at radius 1 is 1.22 bits per heavy atom. The minimum absolute atomic E-state index is 0.237. The van der Waals surface area contributed by atoms with Crippen LogP contribution < -0.4 is 0 Å². The van der Waals surface area contributed by atoms with E-state index in [9.17, 15) is 5.26 Å². The molecular weight excluding hydrogens is 511 g/mol. The Labute approximate surface area is 225 Å². The Morgan fingerprint density at radius 3 is 2.59 bits per heavy atom. The predicted molar refractivity (Wildman–Crippen MR) is 141 cm³/mol. The van der Waals surface area contributed by atoms with E-state index in [1.807, 2.05) is 13.0 Å². The zero-order valence-corrected chi connectivity index (χ0v) is 22.5. The van der Waals surface area contributed by atoms with E-state index >= 15 is 0 Å². The molecule has 0 N–H and O–H groups in total. The Kier molecular flexibility index (Phi) is 8.41. The van der Waals surface area contributed by atoms with Gasteiger partial charge in [0.15, 0.2) is 11.3 Å². The van der Waals surface area contributed by atoms with Gasteiger partial charge in [0.05, 0.1) is 17.9 Å². The van der Waals surface area contributed by atoms with Gasteiger partial charge < -0.3 is 0 Å². The molecule has 5 rings (SSSR count). The molecule has 0 spiro atoms. The van der Waals surface area contributed by atoms with Gasteiger partial charge in [0.25, 0.3) is 0 Å². The number of halogens is 2. The average Bonchev–Trinajstić information content (AvgIpc) is 3.47. The van der Waals surface area contributed by atoms with Crippen LogP contribution in [0.1, 0.15) is 69.4 Å². The minimum atomic E-state index is -0.237. The van der Waals surface area contributed by atoms with E-state index in [0.717, 1.165) is 24.1 Å². The standard InChI is InChI=1S/C26H28Cl2N6.CO2/c1-15-11-18(6-9-24(15)33-10-4-5-16(33)2)23-14-30-25-22(13-29)32-34(26(25)31-23)17(3)20-8-7-19(27)12-21(20)28;2-1-3/h6-8,12,14-17,24H,4-5,9-11H2,1-3H3;/t15?,16-,17-,24?;/m1./s1. The van der Waals surface area contributed by atoms with Crippen molar-refractivity contribution in [1.82, 2.24) is 24.6 Å². The van der Waals surface area contributed by atoms with Crippen molar-refractivity contribution in [2.45, 2.75) is 64.6 Å². The highest BCUT2D eigenvalue weighted by molar-refractivity contribution is 6.35. The molecule has 192 valence electrons. The van der Waals surface area contributed by atoms with E-state index in [0.29, 0.717) is 39.2 Å². The second-order valence-corrected chi connectivity index (χ2v) is 10.5. The number of rotatable bonds is 4. The Bertz CT molecular complexity index is 1410. The van der Waals surface area contributed by atoms with Crippen LogP contribution in [0.3, 0.4) is 0 Å². The summed E-state index contributed by atoms with van der Waals surface area (Å²) in [6.07, 6.45) is 8.95. The van der Waals surface area contributed by atoms with Crippen LogP contribution in [0.25, 0.3) is 16.7 Å². The molecule has 8 nitrogen and oxygen atoms in total. The van der Waals surface area contributed by atoms with Crippen molar-refractivity contribution in [2.75, 3.05) is 6.54 Å². The van der Waals surface area contributed by atoms with Crippen molar-refractivity contribution in [1.29, 1.82) is 5.26 Å². The first-order chi connectivity index (χ1) is 17.8. The van der Waals surface area contributed by atoms with Gasteiger partial charge in [-0.15, -0.1) is 0 Å². The second-order valence-electron chi connectivity index (χ2n) is 9.70. The quantitative estimate of drug-likeness (QED) is 0.419. The van der Waals surface area contributed by atoms with Crippen molar-refractivity contribution in [3.8, 4) is 6.07 Å². The highest BCUT2D eigenvalue weighted by atomic mass is 35.5. The Morgan fingerprint density at radius 2 is 1.97 bits per heavy atom. The van der Waals surface area contributed by atoms with E-state index in [1.54, 1.807) is 23.0 Å². The lowest BCUT2D eigenvalue weighted by Crippen LogP contribution is -2.42. The smallest absolute Gasteiger partial charge is 0.297 e. The molecule has 3 heterocycles. The van der Waals surface area contributed by atoms with Crippen LogP contribution in [-0.2, 0) is 9.59 Å². The minimum Gasteiger partial charge on any atom is -0.297 e. The van der Waals surface area contributed by atoms with Crippen LogP contribution in [0.15, 0.2) is 30.5 Å². The van der Waals surface area contributed by atoms with Crippen LogP contribution in [0.4, 0.5) is 0 Å². The average molecular weight is 539 g/mol. The van der Waals surface area contributed by atoms with Gasteiger partial charge in [-0.25, -0.2) is 14.6 Å². The molecule has 2 aliphatic rings. The normalized spacial score (nSPS) is 22.5. The van der Waals surface area contributed by atoms with E-state index in [2.05, 4.69) is 41.0 Å². The largest absolute Gasteiger partial charge is 0.373 e. The number of carbonyl (C=O) groups excluding carboxylic acids is 2. The number of nitrogens with zero attached hydrogens (tertiary/aromatic N) is 6. The van der Waals surface area contributed by atoms with Crippen LogP contribution >= 0.6 is 23.2 Å². The van der Waals surface area contributed by atoms with Crippen LogP contribution in [0.5, 0.6) is 0 Å². The summed E-state index contributed by atoms with van der Waals surface area (Å²) in [5.41, 5.74) is 4.30. The predicted octanol–water partition coefficient (Wildman–Crippen LogP) is 5.70. The first kappa shape index (κ1) is 27.0. The molecule has 1 fully saturated rings. The van der Waals surface area contributed by atoms with Gasteiger partial charge in [-0.3, -0.25) is 4.90 Å². The molecule has 0 saturated carbocycles. The summed E-state index contributed by atoms with van der Waals surface area (Å²) < 4.78 is 1.75. The van der Waals surface area contributed by atoms with Crippen LogP contribution in [0, 0.1) is 17.2 Å². The summed E-state index contributed by atoms with van der Waals surface area (Å²) in [5.74, 6) is 0.546. The van der Waals surface area contributed by atoms with Crippen LogP contribution in [0.2, 0.25) is 10.0 Å². The summed E-state index contributed by atoms with van der Waals surface area (Å²) in [5, 5.41) is 15.3. The highest BCUT2D eigenvalue weighted by Gasteiger charge is 2.33. The fourth-order valence-electron chi connectivity index (χ4n) is 5.56. The third-order valence-corrected chi connectivity index (χ3v) is 8.01. The molecule has 3 aromatic rings. The number of benzene rings is 1. The zero-order chi connectivity index (χ0) is 26.7. The molecule has 2 unspecified atom stereocenters. The summed E-state index contributed by atoms with van der Waals surface area (Å²) in [7, 11) is 0. The SMILES string of the molecule is CC1CC(c2cnc3c(C#N)nn([C@H](C)c4ccc(Cl)cc4Cl)c3n2)=CCC1N1CCC[C@H]1C.O=C=O. The van der Waals surface area contributed by atoms with E-state index in [-0.39, 0.29) is 17.9 Å². The molecule has 1 saturated heterocycles. The van der Waals surface area contributed by atoms with Gasteiger partial charge in [-0.2, -0.15) is 19.9 Å². The number of allylic oxidation sites excluding steroid dienone is 1. The molecule has 2 aromatic heterocycles. The number of hydrogen-bond donors (Lipinski definition) is 0. The van der Waals surface area contributed by atoms with Crippen molar-refractivity contribution < 1.29 is 9.59 Å². The van der Waals surface area contributed by atoms with E-state index < -0.39 is 0 Å². The maximum absolute atomic E-state index is 9.65. The highest BCUT2D eigenvalue weighted by Crippen LogP contribution is 2.36. The van der Waals surface area contributed by atoms with Crippen molar-refractivity contribution >= 4 is 46.1 Å². The number of aromatic nitrogens is 4. The summed E-state index contributed by atoms with van der Waals surface area (Å²) in [4.78, 5) is 28.5. The summed E-state index contributed by atoms with van der Waals surface area (Å²) in [6.45, 7) is 7.88. The van der Waals surface area contributed by atoms with Gasteiger partial charge in [-0.1, -0.05) is 42.3 Å². The number of nitriles is 1. The van der Waals surface area contributed by atoms with Crippen LogP contribution in [-0.4, -0.2) is 49.4 Å². The maximum Gasteiger partial charge on any atom is 0.373 e. The fraction of sp³-hybridized carbons (Fsp3) is 0.444. The molecule has 1 aromatic carbocycles. The van der Waals surface area contributed by atoms with Gasteiger partial charge in [-0.05, 0) is 75.3 Å². The molecule has 0 bridgehead atoms. The lowest BCUT2D eigenvalue weighted by molar-refractivity contribution is -0.191. The molecule has 1 aliphatic heterocycles. The molecule has 10 heteroatoms. The number of hydrogen-bond acceptors (Lipinski definition) is 7. The Hall–Kier alpha value is -3.08. The lowest BCUT2D eigenvalue weighted by atomic mass is 9.83. The molecular formula is C27H28Cl2N6O2. The Balaban J connectivity index is 0.00000102. The van der Waals surface area contributed by atoms with Gasteiger partial charge in [0.1, 0.15) is 11.6 Å². The molecule has 1 aliphatic carbocycles. The molecule has 0 amide bonds. The van der Waals surface area contributed by atoms with E-state index in [1.165, 1.54) is 25.0 Å². The fourth-order valence-corrected chi connectivity index (χ4v) is 6.13. The zero-order valence-electron chi connectivity index (χ0n) is 21.0. The second kappa shape index (κ2) is 11.5. The van der Waals surface area contributed by atoms with Gasteiger partial charge in [0, 0.05) is 22.1 Å². The maximum atomic E-state index is 9.65. The number of likely N-dealkylation sites (tertiary alicyclic amines) is 1. The third-order valence-electron chi connectivity index (χ3n) is 7.45. The van der Waals surface area contributed by atoms with Crippen molar-refractivity contribution in [2.24, 2.45) is 5.92 Å². The molecule has 0 radical (unpaired) electrons. The molecule has 4 atom stereocenters. The third kappa shape index (κ3) is 5.46. The number of fused-ring (bicyclic) bond motifs is 1.